The number of allylic oxidation sites excluding steroid dienone is 4. The Morgan fingerprint density at radius 3 is 2.50 bits per heavy atom. The van der Waals surface area contributed by atoms with Crippen LogP contribution in [0.4, 0.5) is 0 Å². The summed E-state index contributed by atoms with van der Waals surface area (Å²) in [5.74, 6) is 1.07. The predicted octanol–water partition coefficient (Wildman–Crippen LogP) is 6.20. The molecule has 174 valence electrons. The van der Waals surface area contributed by atoms with E-state index in [1.807, 2.05) is 51.1 Å². The highest BCUT2D eigenvalue weighted by molar-refractivity contribution is 5.99. The molecule has 2 aromatic rings. The minimum atomic E-state index is -0.880. The van der Waals surface area contributed by atoms with Gasteiger partial charge in [0.2, 0.25) is 0 Å². The molecule has 0 saturated carbocycles. The molecule has 0 aliphatic rings. The minimum absolute atomic E-state index is 0.245. The summed E-state index contributed by atoms with van der Waals surface area (Å²) < 4.78 is 2.33. The van der Waals surface area contributed by atoms with Crippen LogP contribution in [0.15, 0.2) is 42.0 Å². The van der Waals surface area contributed by atoms with Gasteiger partial charge in [0.15, 0.2) is 0 Å². The van der Waals surface area contributed by atoms with Crippen molar-refractivity contribution in [3.63, 3.8) is 0 Å². The summed E-state index contributed by atoms with van der Waals surface area (Å²) in [7, 11) is 0. The molecule has 1 N–H and O–H groups in total. The van der Waals surface area contributed by atoms with Crippen LogP contribution in [0.2, 0.25) is 0 Å². The van der Waals surface area contributed by atoms with Crippen LogP contribution >= 0.6 is 0 Å². The normalized spacial score (nSPS) is 14.5. The number of hydrogen-bond donors (Lipinski definition) is 1. The van der Waals surface area contributed by atoms with Crippen LogP contribution in [0.1, 0.15) is 90.0 Å². The third-order valence-electron chi connectivity index (χ3n) is 5.83. The Hall–Kier alpha value is -2.69. The summed E-state index contributed by atoms with van der Waals surface area (Å²) in [6.07, 6.45) is 10.4. The van der Waals surface area contributed by atoms with E-state index >= 15 is 0 Å². The first-order valence-electron chi connectivity index (χ1n) is 11.8. The number of hydrogen-bond acceptors (Lipinski definition) is 3. The smallest absolute Gasteiger partial charge is 0.252 e. The van der Waals surface area contributed by atoms with Gasteiger partial charge in [-0.15, -0.1) is 0 Å². The molecule has 0 fully saturated rings. The quantitative estimate of drug-likeness (QED) is 0.336. The maximum absolute atomic E-state index is 13.0. The lowest BCUT2D eigenvalue weighted by Crippen LogP contribution is -2.48. The lowest BCUT2D eigenvalue weighted by Gasteiger charge is -2.26. The number of amides is 1. The van der Waals surface area contributed by atoms with E-state index in [1.165, 1.54) is 5.57 Å². The molecule has 1 atom stereocenters. The summed E-state index contributed by atoms with van der Waals surface area (Å²) in [4.78, 5) is 29.6. The Morgan fingerprint density at radius 1 is 1.25 bits per heavy atom. The van der Waals surface area contributed by atoms with Gasteiger partial charge in [-0.25, -0.2) is 4.98 Å². The molecular weight excluding hydrogens is 398 g/mol. The van der Waals surface area contributed by atoms with Crippen molar-refractivity contribution in [2.45, 2.75) is 85.7 Å². The van der Waals surface area contributed by atoms with E-state index in [2.05, 4.69) is 36.7 Å². The lowest BCUT2D eigenvalue weighted by atomic mass is 9.92. The second-order valence-corrected chi connectivity index (χ2v) is 9.37. The third kappa shape index (κ3) is 6.18. The highest BCUT2D eigenvalue weighted by Gasteiger charge is 2.28. The summed E-state index contributed by atoms with van der Waals surface area (Å²) >= 11 is 0. The molecule has 1 aromatic heterocycles. The van der Waals surface area contributed by atoms with Gasteiger partial charge < -0.3 is 14.7 Å². The van der Waals surface area contributed by atoms with E-state index in [1.54, 1.807) is 6.92 Å². The number of nitrogens with zero attached hydrogens (tertiary/aromatic N) is 2. The number of aldehydes is 1. The second-order valence-electron chi connectivity index (χ2n) is 9.37. The van der Waals surface area contributed by atoms with Gasteiger partial charge in [0, 0.05) is 18.0 Å². The minimum Gasteiger partial charge on any atom is -0.340 e. The standard InChI is InChI=1S/C27H39N3O2/c1-8-11-12-20(6)15-25-28-23-16-21(13-14-24(23)30(25)22(9-2)10-3)26(32)29-27(7,18-31)17-19(4)5/h8,11-14,16,18-19,22H,9-10,15,17H2,1-7H3,(H,29,32)/b11-8-,20-12+. The molecule has 0 bridgehead atoms. The van der Waals surface area contributed by atoms with Gasteiger partial charge in [-0.2, -0.15) is 0 Å². The van der Waals surface area contributed by atoms with Crippen molar-refractivity contribution in [3.05, 3.63) is 53.4 Å². The Labute approximate surface area is 193 Å². The molecule has 1 amide bonds. The molecule has 2 rings (SSSR count). The van der Waals surface area contributed by atoms with Gasteiger partial charge in [0.05, 0.1) is 16.6 Å². The number of fused-ring (bicyclic) bond motifs is 1. The number of imidazole rings is 1. The Bertz CT molecular complexity index is 996. The molecule has 5 nitrogen and oxygen atoms in total. The molecule has 0 radical (unpaired) electrons. The van der Waals surface area contributed by atoms with Crippen molar-refractivity contribution in [3.8, 4) is 0 Å². The highest BCUT2D eigenvalue weighted by Crippen LogP contribution is 2.28. The number of nitrogens with one attached hydrogen (secondary N) is 1. The zero-order chi connectivity index (χ0) is 23.9. The summed E-state index contributed by atoms with van der Waals surface area (Å²) in [6, 6.07) is 6.03. The zero-order valence-electron chi connectivity index (χ0n) is 20.7. The lowest BCUT2D eigenvalue weighted by molar-refractivity contribution is -0.113. The topological polar surface area (TPSA) is 64.0 Å². The van der Waals surface area contributed by atoms with Gasteiger partial charge in [0.25, 0.3) is 5.91 Å². The second kappa shape index (κ2) is 11.3. The monoisotopic (exact) mass is 437 g/mol. The summed E-state index contributed by atoms with van der Waals surface area (Å²) in [5.41, 5.74) is 2.74. The SMILES string of the molecule is C/C=C\C=C(/C)Cc1nc2cc(C(=O)NC(C)(C=O)CC(C)C)ccc2n1C(CC)CC. The number of rotatable bonds is 11. The number of carbonyl (C=O) groups is 2. The van der Waals surface area contributed by atoms with E-state index in [-0.39, 0.29) is 5.91 Å². The Balaban J connectivity index is 2.47. The van der Waals surface area contributed by atoms with E-state index in [0.717, 1.165) is 42.4 Å². The fourth-order valence-electron chi connectivity index (χ4n) is 4.35. The third-order valence-corrected chi connectivity index (χ3v) is 5.83. The van der Waals surface area contributed by atoms with Gasteiger partial charge in [-0.1, -0.05) is 51.5 Å². The number of aromatic nitrogens is 2. The molecular formula is C27H39N3O2. The van der Waals surface area contributed by atoms with E-state index < -0.39 is 5.54 Å². The first-order chi connectivity index (χ1) is 15.2. The van der Waals surface area contributed by atoms with E-state index in [0.29, 0.717) is 23.9 Å². The van der Waals surface area contributed by atoms with Crippen LogP contribution in [0.5, 0.6) is 0 Å². The maximum Gasteiger partial charge on any atom is 0.252 e. The molecule has 0 aliphatic heterocycles. The zero-order valence-corrected chi connectivity index (χ0v) is 20.7. The maximum atomic E-state index is 13.0. The van der Waals surface area contributed by atoms with Gasteiger partial charge in [-0.05, 0) is 64.2 Å². The molecule has 0 aliphatic carbocycles. The highest BCUT2D eigenvalue weighted by atomic mass is 16.2. The van der Waals surface area contributed by atoms with Crippen molar-refractivity contribution in [2.75, 3.05) is 0 Å². The number of benzene rings is 1. The first kappa shape index (κ1) is 25.6. The van der Waals surface area contributed by atoms with Crippen molar-refractivity contribution in [2.24, 2.45) is 5.92 Å². The summed E-state index contributed by atoms with van der Waals surface area (Å²) in [6.45, 7) is 14.4. The van der Waals surface area contributed by atoms with Crippen LogP contribution in [0.3, 0.4) is 0 Å². The van der Waals surface area contributed by atoms with Gasteiger partial charge >= 0.3 is 0 Å². The largest absolute Gasteiger partial charge is 0.340 e. The van der Waals surface area contributed by atoms with Crippen LogP contribution in [-0.4, -0.2) is 27.3 Å². The molecule has 1 heterocycles. The van der Waals surface area contributed by atoms with Gasteiger partial charge in [-0.3, -0.25) is 4.79 Å². The number of carbonyl (C=O) groups excluding carboxylic acids is 2. The Kier molecular flexibility index (Phi) is 8.99. The molecule has 0 saturated heterocycles. The molecule has 5 heteroatoms. The van der Waals surface area contributed by atoms with Crippen LogP contribution < -0.4 is 5.32 Å². The van der Waals surface area contributed by atoms with Crippen LogP contribution in [0.25, 0.3) is 11.0 Å². The average molecular weight is 438 g/mol. The average Bonchev–Trinajstić information content (AvgIpc) is 3.09. The predicted molar refractivity (Wildman–Crippen MR) is 133 cm³/mol. The fourth-order valence-corrected chi connectivity index (χ4v) is 4.35. The van der Waals surface area contributed by atoms with E-state index in [4.69, 9.17) is 4.98 Å². The Morgan fingerprint density at radius 2 is 1.94 bits per heavy atom. The first-order valence-corrected chi connectivity index (χ1v) is 11.8. The van der Waals surface area contributed by atoms with Crippen molar-refractivity contribution < 1.29 is 9.59 Å². The van der Waals surface area contributed by atoms with Crippen LogP contribution in [-0.2, 0) is 11.2 Å². The summed E-state index contributed by atoms with van der Waals surface area (Å²) in [5, 5.41) is 2.92. The van der Waals surface area contributed by atoms with Crippen LogP contribution in [0, 0.1) is 5.92 Å². The van der Waals surface area contributed by atoms with E-state index in [9.17, 15) is 9.59 Å². The van der Waals surface area contributed by atoms with Gasteiger partial charge in [0.1, 0.15) is 12.1 Å². The molecule has 0 spiro atoms. The fraction of sp³-hybridized carbons (Fsp3) is 0.519. The van der Waals surface area contributed by atoms with Crippen molar-refractivity contribution in [1.29, 1.82) is 0 Å². The van der Waals surface area contributed by atoms with Crippen molar-refractivity contribution >= 4 is 23.2 Å². The molecule has 1 unspecified atom stereocenters. The molecule has 32 heavy (non-hydrogen) atoms. The van der Waals surface area contributed by atoms with Crippen molar-refractivity contribution in [1.82, 2.24) is 14.9 Å². The molecule has 1 aromatic carbocycles.